The van der Waals surface area contributed by atoms with Gasteiger partial charge in [0.15, 0.2) is 5.78 Å². The zero-order valence-corrected chi connectivity index (χ0v) is 18.8. The molecule has 0 bridgehead atoms. The van der Waals surface area contributed by atoms with E-state index in [4.69, 9.17) is 15.9 Å². The van der Waals surface area contributed by atoms with Crippen LogP contribution >= 0.6 is 0 Å². The Morgan fingerprint density at radius 1 is 1.06 bits per heavy atom. The summed E-state index contributed by atoms with van der Waals surface area (Å²) in [6.45, 7) is 5.57. The van der Waals surface area contributed by atoms with E-state index in [1.807, 2.05) is 55.5 Å². The number of aromatic hydroxyl groups is 1. The number of hydrogen-bond acceptors (Lipinski definition) is 5. The van der Waals surface area contributed by atoms with Crippen molar-refractivity contribution in [2.75, 3.05) is 0 Å². The summed E-state index contributed by atoms with van der Waals surface area (Å²) in [5.41, 5.74) is 11.7. The van der Waals surface area contributed by atoms with Crippen molar-refractivity contribution in [3.05, 3.63) is 94.0 Å². The third kappa shape index (κ3) is 5.24. The SMILES string of the molecule is CCCc1c(OCc2ccc(C(N)c3cccc(C(C)=N)c3)cc2)ccc(C(C)=O)c1O. The molecule has 0 fully saturated rings. The first kappa shape index (κ1) is 23.2. The maximum Gasteiger partial charge on any atom is 0.163 e. The first-order chi connectivity index (χ1) is 15.3. The highest BCUT2D eigenvalue weighted by molar-refractivity contribution is 5.97. The quantitative estimate of drug-likeness (QED) is 0.306. The number of carbonyl (C=O) groups is 1. The monoisotopic (exact) mass is 430 g/mol. The summed E-state index contributed by atoms with van der Waals surface area (Å²) in [6.07, 6.45) is 1.46. The lowest BCUT2D eigenvalue weighted by Gasteiger charge is -2.16. The number of phenols is 1. The molecule has 32 heavy (non-hydrogen) atoms. The Kier molecular flexibility index (Phi) is 7.44. The molecule has 0 heterocycles. The summed E-state index contributed by atoms with van der Waals surface area (Å²) >= 11 is 0. The Hall–Kier alpha value is -3.44. The standard InChI is InChI=1S/C27H30N2O3/c1-4-6-24-25(14-13-23(18(3)30)27(24)31)32-16-19-9-11-20(12-10-19)26(29)22-8-5-7-21(15-22)17(2)28/h5,7-15,26,28,31H,4,6,16,29H2,1-3H3. The number of benzene rings is 3. The molecule has 5 nitrogen and oxygen atoms in total. The molecule has 0 saturated carbocycles. The molecule has 5 heteroatoms. The van der Waals surface area contributed by atoms with Gasteiger partial charge in [0.1, 0.15) is 18.1 Å². The molecule has 3 rings (SSSR count). The summed E-state index contributed by atoms with van der Waals surface area (Å²) in [6, 6.07) is 18.8. The van der Waals surface area contributed by atoms with Crippen LogP contribution < -0.4 is 10.5 Å². The van der Waals surface area contributed by atoms with E-state index in [0.717, 1.165) is 28.7 Å². The number of Topliss-reactive ketones (excluding diaryl/α,β-unsaturated/α-hetero) is 1. The largest absolute Gasteiger partial charge is 0.507 e. The normalized spacial score (nSPS) is 11.8. The molecule has 3 aromatic rings. The van der Waals surface area contributed by atoms with Crippen molar-refractivity contribution in [3.8, 4) is 11.5 Å². The lowest BCUT2D eigenvalue weighted by Crippen LogP contribution is -2.12. The van der Waals surface area contributed by atoms with Gasteiger partial charge in [-0.25, -0.2) is 0 Å². The van der Waals surface area contributed by atoms with E-state index in [2.05, 4.69) is 0 Å². The minimum absolute atomic E-state index is 0.0144. The highest BCUT2D eigenvalue weighted by Gasteiger charge is 2.16. The van der Waals surface area contributed by atoms with E-state index in [0.29, 0.717) is 35.6 Å². The minimum atomic E-state index is -0.281. The Balaban J connectivity index is 1.74. The zero-order valence-electron chi connectivity index (χ0n) is 18.8. The number of carbonyl (C=O) groups excluding carboxylic acids is 1. The van der Waals surface area contributed by atoms with Crippen LogP contribution in [0.25, 0.3) is 0 Å². The van der Waals surface area contributed by atoms with E-state index in [1.165, 1.54) is 6.92 Å². The molecule has 0 aromatic heterocycles. The smallest absolute Gasteiger partial charge is 0.163 e. The zero-order chi connectivity index (χ0) is 23.3. The molecule has 1 atom stereocenters. The molecule has 166 valence electrons. The summed E-state index contributed by atoms with van der Waals surface area (Å²) in [5, 5.41) is 18.3. The number of nitrogens with two attached hydrogens (primary N) is 1. The van der Waals surface area contributed by atoms with Gasteiger partial charge in [-0.15, -0.1) is 0 Å². The van der Waals surface area contributed by atoms with Crippen molar-refractivity contribution in [1.29, 1.82) is 5.41 Å². The average Bonchev–Trinajstić information content (AvgIpc) is 2.79. The van der Waals surface area contributed by atoms with Crippen LogP contribution in [0.15, 0.2) is 60.7 Å². The minimum Gasteiger partial charge on any atom is -0.507 e. The van der Waals surface area contributed by atoms with Crippen LogP contribution in [0.1, 0.15) is 71.4 Å². The number of nitrogens with one attached hydrogen (secondary N) is 1. The predicted molar refractivity (Wildman–Crippen MR) is 128 cm³/mol. The van der Waals surface area contributed by atoms with Gasteiger partial charge in [-0.05, 0) is 60.7 Å². The fraction of sp³-hybridized carbons (Fsp3) is 0.259. The lowest BCUT2D eigenvalue weighted by molar-refractivity contribution is 0.101. The van der Waals surface area contributed by atoms with E-state index in [9.17, 15) is 9.90 Å². The fourth-order valence-electron chi connectivity index (χ4n) is 3.67. The van der Waals surface area contributed by atoms with Crippen molar-refractivity contribution < 1.29 is 14.6 Å². The second-order valence-corrected chi connectivity index (χ2v) is 8.00. The van der Waals surface area contributed by atoms with Gasteiger partial charge in [0.05, 0.1) is 11.6 Å². The molecule has 0 saturated heterocycles. The molecule has 3 aromatic carbocycles. The van der Waals surface area contributed by atoms with Crippen LogP contribution in [0.3, 0.4) is 0 Å². The molecule has 0 aliphatic rings. The second kappa shape index (κ2) is 10.2. The second-order valence-electron chi connectivity index (χ2n) is 8.00. The van der Waals surface area contributed by atoms with Gasteiger partial charge < -0.3 is 21.0 Å². The third-order valence-electron chi connectivity index (χ3n) is 5.53. The Labute approximate surface area is 189 Å². The van der Waals surface area contributed by atoms with Gasteiger partial charge in [0.25, 0.3) is 0 Å². The number of ketones is 1. The van der Waals surface area contributed by atoms with Gasteiger partial charge in [0.2, 0.25) is 0 Å². The van der Waals surface area contributed by atoms with Crippen LogP contribution in [0.5, 0.6) is 11.5 Å². The summed E-state index contributed by atoms with van der Waals surface area (Å²) in [5.74, 6) is 0.439. The first-order valence-electron chi connectivity index (χ1n) is 10.8. The highest BCUT2D eigenvalue weighted by Crippen LogP contribution is 2.33. The van der Waals surface area contributed by atoms with Crippen LogP contribution in [0, 0.1) is 5.41 Å². The molecule has 0 aliphatic heterocycles. The van der Waals surface area contributed by atoms with Crippen molar-refractivity contribution in [2.24, 2.45) is 5.73 Å². The molecule has 1 unspecified atom stereocenters. The number of phenolic OH excluding ortho intramolecular Hbond substituents is 1. The first-order valence-corrected chi connectivity index (χ1v) is 10.8. The van der Waals surface area contributed by atoms with Crippen LogP contribution in [-0.2, 0) is 13.0 Å². The predicted octanol–water partition coefficient (Wildman–Crippen LogP) is 5.56. The van der Waals surface area contributed by atoms with Gasteiger partial charge in [-0.2, -0.15) is 0 Å². The summed E-state index contributed by atoms with van der Waals surface area (Å²) < 4.78 is 5.99. The molecule has 4 N–H and O–H groups in total. The maximum atomic E-state index is 11.7. The average molecular weight is 431 g/mol. The van der Waals surface area contributed by atoms with Gasteiger partial charge in [-0.1, -0.05) is 55.8 Å². The van der Waals surface area contributed by atoms with Crippen LogP contribution in [-0.4, -0.2) is 16.6 Å². The van der Waals surface area contributed by atoms with Gasteiger partial charge in [0, 0.05) is 11.3 Å². The third-order valence-corrected chi connectivity index (χ3v) is 5.53. The van der Waals surface area contributed by atoms with Crippen molar-refractivity contribution in [3.63, 3.8) is 0 Å². The van der Waals surface area contributed by atoms with Crippen molar-refractivity contribution in [2.45, 2.75) is 46.3 Å². The molecule has 0 amide bonds. The van der Waals surface area contributed by atoms with Crippen molar-refractivity contribution in [1.82, 2.24) is 0 Å². The molecular formula is C27H30N2O3. The van der Waals surface area contributed by atoms with E-state index in [-0.39, 0.29) is 17.6 Å². The molecule has 0 spiro atoms. The molecule has 0 aliphatic carbocycles. The Bertz CT molecular complexity index is 1120. The van der Waals surface area contributed by atoms with Crippen LogP contribution in [0.2, 0.25) is 0 Å². The summed E-state index contributed by atoms with van der Waals surface area (Å²) in [4.78, 5) is 11.7. The number of hydrogen-bond donors (Lipinski definition) is 3. The molecule has 0 radical (unpaired) electrons. The van der Waals surface area contributed by atoms with E-state index < -0.39 is 0 Å². The lowest BCUT2D eigenvalue weighted by atomic mass is 9.96. The van der Waals surface area contributed by atoms with Gasteiger partial charge in [-0.3, -0.25) is 4.79 Å². The molecular weight excluding hydrogens is 400 g/mol. The number of rotatable bonds is 9. The van der Waals surface area contributed by atoms with Gasteiger partial charge >= 0.3 is 0 Å². The summed E-state index contributed by atoms with van der Waals surface area (Å²) in [7, 11) is 0. The number of ether oxygens (including phenoxy) is 1. The van der Waals surface area contributed by atoms with E-state index in [1.54, 1.807) is 19.1 Å². The maximum absolute atomic E-state index is 11.7. The fourth-order valence-corrected chi connectivity index (χ4v) is 3.67. The Morgan fingerprint density at radius 2 is 1.78 bits per heavy atom. The Morgan fingerprint density at radius 3 is 2.41 bits per heavy atom. The van der Waals surface area contributed by atoms with Crippen molar-refractivity contribution >= 4 is 11.5 Å². The van der Waals surface area contributed by atoms with E-state index >= 15 is 0 Å². The highest BCUT2D eigenvalue weighted by atomic mass is 16.5. The topological polar surface area (TPSA) is 96.4 Å². The van der Waals surface area contributed by atoms with Crippen LogP contribution in [0.4, 0.5) is 0 Å².